The van der Waals surface area contributed by atoms with Crippen LogP contribution >= 0.6 is 23.7 Å². The van der Waals surface area contributed by atoms with Crippen LogP contribution in [0.5, 0.6) is 0 Å². The summed E-state index contributed by atoms with van der Waals surface area (Å²) < 4.78 is 4.69. The van der Waals surface area contributed by atoms with Crippen molar-refractivity contribution >= 4 is 51.4 Å². The van der Waals surface area contributed by atoms with Crippen LogP contribution in [0.25, 0.3) is 10.2 Å². The van der Waals surface area contributed by atoms with Crippen LogP contribution in [0, 0.1) is 13.8 Å². The standard InChI is InChI=1S/C16H15N3O2S.ClH/c1-9-10(2)22-15-13(9)14(17-8-18-15)19-12-6-4-11(5-7-12)16(20)21-3;/h4-8H,1-3H3,(H,17,18,19);1H. The number of nitrogens with zero attached hydrogens (tertiary/aromatic N) is 2. The first kappa shape index (κ1) is 17.2. The summed E-state index contributed by atoms with van der Waals surface area (Å²) >= 11 is 1.66. The Balaban J connectivity index is 0.00000192. The summed E-state index contributed by atoms with van der Waals surface area (Å²) in [5.74, 6) is 0.429. The lowest BCUT2D eigenvalue weighted by molar-refractivity contribution is 0.0601. The molecular weight excluding hydrogens is 334 g/mol. The van der Waals surface area contributed by atoms with E-state index < -0.39 is 0 Å². The molecule has 0 atom stereocenters. The summed E-state index contributed by atoms with van der Waals surface area (Å²) in [6.07, 6.45) is 1.56. The lowest BCUT2D eigenvalue weighted by atomic mass is 10.2. The van der Waals surface area contributed by atoms with E-state index in [0.717, 1.165) is 21.7 Å². The number of methoxy groups -OCH3 is 1. The molecule has 0 aliphatic heterocycles. The number of hydrogen-bond donors (Lipinski definition) is 1. The fourth-order valence-electron chi connectivity index (χ4n) is 2.22. The summed E-state index contributed by atoms with van der Waals surface area (Å²) in [5, 5.41) is 4.33. The molecule has 0 fully saturated rings. The highest BCUT2D eigenvalue weighted by Crippen LogP contribution is 2.33. The molecule has 5 nitrogen and oxygen atoms in total. The molecule has 1 aromatic carbocycles. The summed E-state index contributed by atoms with van der Waals surface area (Å²) in [7, 11) is 1.37. The highest BCUT2D eigenvalue weighted by Gasteiger charge is 2.12. The zero-order chi connectivity index (χ0) is 15.7. The molecule has 0 aliphatic rings. The Bertz CT molecular complexity index is 846. The monoisotopic (exact) mass is 349 g/mol. The van der Waals surface area contributed by atoms with Gasteiger partial charge in [0.25, 0.3) is 0 Å². The molecule has 0 amide bonds. The Morgan fingerprint density at radius 2 is 1.87 bits per heavy atom. The van der Waals surface area contributed by atoms with Crippen molar-refractivity contribution < 1.29 is 9.53 Å². The second kappa shape index (κ2) is 6.93. The number of esters is 1. The highest BCUT2D eigenvalue weighted by molar-refractivity contribution is 7.18. The SMILES string of the molecule is COC(=O)c1ccc(Nc2ncnc3sc(C)c(C)c23)cc1.Cl. The second-order valence-corrected chi connectivity index (χ2v) is 6.08. The summed E-state index contributed by atoms with van der Waals surface area (Å²) in [6.45, 7) is 4.15. The first-order chi connectivity index (χ1) is 10.6. The molecule has 3 aromatic rings. The van der Waals surface area contributed by atoms with Crippen molar-refractivity contribution in [2.24, 2.45) is 0 Å². The first-order valence-corrected chi connectivity index (χ1v) is 7.58. The Labute approximate surface area is 144 Å². The van der Waals surface area contributed by atoms with Gasteiger partial charge in [-0.2, -0.15) is 0 Å². The number of nitrogens with one attached hydrogen (secondary N) is 1. The predicted molar refractivity (Wildman–Crippen MR) is 95.2 cm³/mol. The Kier molecular flexibility index (Phi) is 5.18. The number of carbonyl (C=O) groups excluding carboxylic acids is 1. The number of rotatable bonds is 3. The Hall–Kier alpha value is -2.18. The van der Waals surface area contributed by atoms with Crippen molar-refractivity contribution in [1.29, 1.82) is 0 Å². The number of benzene rings is 1. The van der Waals surface area contributed by atoms with Crippen LogP contribution in [-0.2, 0) is 4.74 Å². The van der Waals surface area contributed by atoms with Crippen LogP contribution in [0.3, 0.4) is 0 Å². The zero-order valence-electron chi connectivity index (χ0n) is 12.9. The zero-order valence-corrected chi connectivity index (χ0v) is 14.5. The first-order valence-electron chi connectivity index (χ1n) is 6.76. The highest BCUT2D eigenvalue weighted by atomic mass is 35.5. The average Bonchev–Trinajstić information content (AvgIpc) is 2.83. The van der Waals surface area contributed by atoms with E-state index in [-0.39, 0.29) is 18.4 Å². The Morgan fingerprint density at radius 3 is 2.52 bits per heavy atom. The van der Waals surface area contributed by atoms with Gasteiger partial charge in [0.15, 0.2) is 0 Å². The molecular formula is C16H16ClN3O2S. The maximum atomic E-state index is 11.4. The van der Waals surface area contributed by atoms with E-state index in [1.807, 2.05) is 12.1 Å². The molecule has 2 aromatic heterocycles. The molecule has 0 unspecified atom stereocenters. The number of aromatic nitrogens is 2. The molecule has 23 heavy (non-hydrogen) atoms. The molecule has 0 bridgehead atoms. The van der Waals surface area contributed by atoms with Gasteiger partial charge in [-0.1, -0.05) is 0 Å². The number of carbonyl (C=O) groups is 1. The van der Waals surface area contributed by atoms with Crippen LogP contribution in [-0.4, -0.2) is 23.0 Å². The Morgan fingerprint density at radius 1 is 1.17 bits per heavy atom. The smallest absolute Gasteiger partial charge is 0.337 e. The molecule has 0 saturated carbocycles. The lowest BCUT2D eigenvalue weighted by Gasteiger charge is -2.08. The number of fused-ring (bicyclic) bond motifs is 1. The molecule has 120 valence electrons. The summed E-state index contributed by atoms with van der Waals surface area (Å²) in [5.41, 5.74) is 2.56. The van der Waals surface area contributed by atoms with Crippen molar-refractivity contribution in [2.75, 3.05) is 12.4 Å². The van der Waals surface area contributed by atoms with Crippen molar-refractivity contribution in [3.8, 4) is 0 Å². The van der Waals surface area contributed by atoms with Crippen molar-refractivity contribution in [3.05, 3.63) is 46.6 Å². The van der Waals surface area contributed by atoms with E-state index in [1.54, 1.807) is 29.8 Å². The minimum atomic E-state index is -0.347. The maximum absolute atomic E-state index is 11.4. The minimum Gasteiger partial charge on any atom is -0.465 e. The molecule has 2 heterocycles. The van der Waals surface area contributed by atoms with E-state index in [0.29, 0.717) is 5.56 Å². The van der Waals surface area contributed by atoms with Crippen molar-refractivity contribution in [1.82, 2.24) is 9.97 Å². The third-order valence-electron chi connectivity index (χ3n) is 3.53. The van der Waals surface area contributed by atoms with E-state index >= 15 is 0 Å². The molecule has 1 N–H and O–H groups in total. The molecule has 0 aliphatic carbocycles. The van der Waals surface area contributed by atoms with Crippen molar-refractivity contribution in [3.63, 3.8) is 0 Å². The average molecular weight is 350 g/mol. The van der Waals surface area contributed by atoms with Gasteiger partial charge in [-0.15, -0.1) is 23.7 Å². The largest absolute Gasteiger partial charge is 0.465 e. The van der Waals surface area contributed by atoms with Crippen LogP contribution < -0.4 is 5.32 Å². The van der Waals surface area contributed by atoms with Crippen LogP contribution in [0.4, 0.5) is 11.5 Å². The topological polar surface area (TPSA) is 64.1 Å². The van der Waals surface area contributed by atoms with Gasteiger partial charge in [0.2, 0.25) is 0 Å². The quantitative estimate of drug-likeness (QED) is 0.716. The van der Waals surface area contributed by atoms with E-state index in [9.17, 15) is 4.79 Å². The van der Waals surface area contributed by atoms with Gasteiger partial charge >= 0.3 is 5.97 Å². The van der Waals surface area contributed by atoms with E-state index in [1.165, 1.54) is 17.6 Å². The van der Waals surface area contributed by atoms with Gasteiger partial charge in [-0.05, 0) is 43.7 Å². The number of ether oxygens (including phenoxy) is 1. The normalized spacial score (nSPS) is 10.2. The molecule has 0 radical (unpaired) electrons. The maximum Gasteiger partial charge on any atom is 0.337 e. The van der Waals surface area contributed by atoms with Crippen LogP contribution in [0.1, 0.15) is 20.8 Å². The van der Waals surface area contributed by atoms with Gasteiger partial charge in [-0.25, -0.2) is 14.8 Å². The predicted octanol–water partition coefficient (Wildman–Crippen LogP) is 4.26. The number of halogens is 1. The van der Waals surface area contributed by atoms with Crippen LogP contribution in [0.2, 0.25) is 0 Å². The van der Waals surface area contributed by atoms with Gasteiger partial charge in [0.05, 0.1) is 18.1 Å². The van der Waals surface area contributed by atoms with E-state index in [4.69, 9.17) is 4.74 Å². The third kappa shape index (κ3) is 3.28. The molecule has 0 saturated heterocycles. The second-order valence-electron chi connectivity index (χ2n) is 4.88. The van der Waals surface area contributed by atoms with Crippen LogP contribution in [0.15, 0.2) is 30.6 Å². The van der Waals surface area contributed by atoms with Crippen molar-refractivity contribution in [2.45, 2.75) is 13.8 Å². The number of aryl methyl sites for hydroxylation is 2. The summed E-state index contributed by atoms with van der Waals surface area (Å²) in [6, 6.07) is 7.10. The van der Waals surface area contributed by atoms with Gasteiger partial charge in [0, 0.05) is 10.6 Å². The molecule has 7 heteroatoms. The fourth-order valence-corrected chi connectivity index (χ4v) is 3.22. The molecule has 3 rings (SSSR count). The summed E-state index contributed by atoms with van der Waals surface area (Å²) in [4.78, 5) is 22.3. The number of hydrogen-bond acceptors (Lipinski definition) is 6. The fraction of sp³-hybridized carbons (Fsp3) is 0.188. The van der Waals surface area contributed by atoms with E-state index in [2.05, 4.69) is 29.1 Å². The lowest BCUT2D eigenvalue weighted by Crippen LogP contribution is -2.01. The number of anilines is 2. The third-order valence-corrected chi connectivity index (χ3v) is 4.65. The van der Waals surface area contributed by atoms with Gasteiger partial charge in [-0.3, -0.25) is 0 Å². The minimum absolute atomic E-state index is 0. The molecule has 0 spiro atoms. The van der Waals surface area contributed by atoms with Gasteiger partial charge < -0.3 is 10.1 Å². The number of thiophene rings is 1. The van der Waals surface area contributed by atoms with Gasteiger partial charge in [0.1, 0.15) is 17.0 Å².